The highest BCUT2D eigenvalue weighted by atomic mass is 16.5. The Balaban J connectivity index is 2.08. The van der Waals surface area contributed by atoms with Crippen LogP contribution < -0.4 is 4.74 Å². The van der Waals surface area contributed by atoms with E-state index in [2.05, 4.69) is 19.4 Å². The summed E-state index contributed by atoms with van der Waals surface area (Å²) in [5.41, 5.74) is 0. The second-order valence-electron chi connectivity index (χ2n) is 4.81. The SMILES string of the molecule is [CH2]CC1C[CH]C(CC#N)C1C(=O)Oc1ccccc1. The Morgan fingerprint density at radius 2 is 2.16 bits per heavy atom. The number of hydrogen-bond acceptors (Lipinski definition) is 3. The normalized spacial score (nSPS) is 25.8. The summed E-state index contributed by atoms with van der Waals surface area (Å²) in [6.45, 7) is 3.89. The molecule has 1 aromatic carbocycles. The fourth-order valence-electron chi connectivity index (χ4n) is 2.65. The lowest BCUT2D eigenvalue weighted by molar-refractivity contribution is -0.141. The number of para-hydroxylation sites is 1. The van der Waals surface area contributed by atoms with E-state index in [9.17, 15) is 4.79 Å². The van der Waals surface area contributed by atoms with Gasteiger partial charge in [-0.05, 0) is 43.2 Å². The van der Waals surface area contributed by atoms with Gasteiger partial charge >= 0.3 is 5.97 Å². The van der Waals surface area contributed by atoms with Gasteiger partial charge < -0.3 is 4.74 Å². The number of nitriles is 1. The average molecular weight is 255 g/mol. The summed E-state index contributed by atoms with van der Waals surface area (Å²) in [4.78, 5) is 12.3. The lowest BCUT2D eigenvalue weighted by Gasteiger charge is -2.20. The van der Waals surface area contributed by atoms with E-state index in [-0.39, 0.29) is 23.7 Å². The highest BCUT2D eigenvalue weighted by Crippen LogP contribution is 2.40. The molecule has 0 bridgehead atoms. The molecule has 3 nitrogen and oxygen atoms in total. The smallest absolute Gasteiger partial charge is 0.314 e. The van der Waals surface area contributed by atoms with Gasteiger partial charge in [0.25, 0.3) is 0 Å². The molecular weight excluding hydrogens is 238 g/mol. The lowest BCUT2D eigenvalue weighted by atomic mass is 9.86. The van der Waals surface area contributed by atoms with Crippen molar-refractivity contribution < 1.29 is 9.53 Å². The van der Waals surface area contributed by atoms with Crippen molar-refractivity contribution in [2.45, 2.75) is 19.3 Å². The molecule has 0 saturated heterocycles. The molecule has 0 heterocycles. The molecule has 2 radical (unpaired) electrons. The molecule has 0 N–H and O–H groups in total. The zero-order valence-electron chi connectivity index (χ0n) is 10.8. The number of esters is 1. The van der Waals surface area contributed by atoms with Crippen molar-refractivity contribution in [3.63, 3.8) is 0 Å². The van der Waals surface area contributed by atoms with Crippen LogP contribution >= 0.6 is 0 Å². The van der Waals surface area contributed by atoms with Gasteiger partial charge in [-0.15, -0.1) is 0 Å². The van der Waals surface area contributed by atoms with Crippen LogP contribution in [0.1, 0.15) is 19.3 Å². The standard InChI is InChI=1S/C16H17NO2/c1-2-12-8-9-13(10-11-17)15(12)16(18)19-14-6-4-3-5-7-14/h3-7,9,12-13,15H,1-2,8,10H2. The molecular formula is C16H17NO2. The van der Waals surface area contributed by atoms with Crippen LogP contribution in [0.4, 0.5) is 0 Å². The number of benzene rings is 1. The summed E-state index contributed by atoms with van der Waals surface area (Å²) in [7, 11) is 0. The van der Waals surface area contributed by atoms with Gasteiger partial charge in [-0.1, -0.05) is 25.1 Å². The molecule has 0 aromatic heterocycles. The van der Waals surface area contributed by atoms with Gasteiger partial charge in [0.05, 0.1) is 12.0 Å². The molecule has 0 spiro atoms. The van der Waals surface area contributed by atoms with Gasteiger partial charge in [0, 0.05) is 6.42 Å². The molecule has 98 valence electrons. The largest absolute Gasteiger partial charge is 0.426 e. The van der Waals surface area contributed by atoms with Gasteiger partial charge in [-0.25, -0.2) is 0 Å². The molecule has 3 unspecified atom stereocenters. The maximum absolute atomic E-state index is 12.3. The predicted molar refractivity (Wildman–Crippen MR) is 71.7 cm³/mol. The maximum atomic E-state index is 12.3. The van der Waals surface area contributed by atoms with Crippen LogP contribution in [-0.4, -0.2) is 5.97 Å². The molecule has 1 aliphatic carbocycles. The number of carbonyl (C=O) groups excluding carboxylic acids is 1. The average Bonchev–Trinajstić information content (AvgIpc) is 2.83. The monoisotopic (exact) mass is 255 g/mol. The topological polar surface area (TPSA) is 50.1 Å². The number of carbonyl (C=O) groups is 1. The minimum atomic E-state index is -0.242. The molecule has 3 heteroatoms. The first kappa shape index (κ1) is 13.6. The first-order valence-electron chi connectivity index (χ1n) is 6.52. The van der Waals surface area contributed by atoms with E-state index in [0.717, 1.165) is 6.42 Å². The van der Waals surface area contributed by atoms with E-state index in [4.69, 9.17) is 10.00 Å². The summed E-state index contributed by atoms with van der Waals surface area (Å²) >= 11 is 0. The van der Waals surface area contributed by atoms with Crippen LogP contribution in [0.5, 0.6) is 5.75 Å². The van der Waals surface area contributed by atoms with Crippen molar-refractivity contribution in [2.24, 2.45) is 17.8 Å². The highest BCUT2D eigenvalue weighted by Gasteiger charge is 2.41. The van der Waals surface area contributed by atoms with E-state index in [1.165, 1.54) is 0 Å². The molecule has 0 amide bonds. The Labute approximate surface area is 114 Å². The van der Waals surface area contributed by atoms with Gasteiger partial charge in [0.1, 0.15) is 5.75 Å². The van der Waals surface area contributed by atoms with E-state index in [0.29, 0.717) is 18.6 Å². The number of ether oxygens (including phenoxy) is 1. The summed E-state index contributed by atoms with van der Waals surface area (Å²) in [6, 6.07) is 11.2. The van der Waals surface area contributed by atoms with Crippen molar-refractivity contribution in [1.29, 1.82) is 5.26 Å². The molecule has 19 heavy (non-hydrogen) atoms. The Hall–Kier alpha value is -1.82. The minimum absolute atomic E-state index is 0.00652. The van der Waals surface area contributed by atoms with Crippen molar-refractivity contribution in [3.05, 3.63) is 43.7 Å². The van der Waals surface area contributed by atoms with Crippen molar-refractivity contribution >= 4 is 5.97 Å². The van der Waals surface area contributed by atoms with Gasteiger partial charge in [0.15, 0.2) is 0 Å². The highest BCUT2D eigenvalue weighted by molar-refractivity contribution is 5.76. The third-order valence-electron chi connectivity index (χ3n) is 3.64. The Morgan fingerprint density at radius 1 is 1.42 bits per heavy atom. The van der Waals surface area contributed by atoms with E-state index in [1.807, 2.05) is 18.2 Å². The zero-order chi connectivity index (χ0) is 13.7. The Morgan fingerprint density at radius 3 is 2.79 bits per heavy atom. The lowest BCUT2D eigenvalue weighted by Crippen LogP contribution is -2.28. The fraction of sp³-hybridized carbons (Fsp3) is 0.375. The molecule has 0 aliphatic heterocycles. The van der Waals surface area contributed by atoms with Crippen LogP contribution in [0.2, 0.25) is 0 Å². The Bertz CT molecular complexity index is 463. The van der Waals surface area contributed by atoms with E-state index >= 15 is 0 Å². The van der Waals surface area contributed by atoms with Crippen LogP contribution in [0.25, 0.3) is 0 Å². The van der Waals surface area contributed by atoms with Crippen LogP contribution in [0.15, 0.2) is 30.3 Å². The Kier molecular flexibility index (Phi) is 4.57. The third kappa shape index (κ3) is 3.14. The van der Waals surface area contributed by atoms with Crippen LogP contribution in [0, 0.1) is 42.4 Å². The number of rotatable bonds is 4. The van der Waals surface area contributed by atoms with Crippen molar-refractivity contribution in [3.8, 4) is 11.8 Å². The van der Waals surface area contributed by atoms with Gasteiger partial charge in [-0.3, -0.25) is 4.79 Å². The summed E-state index contributed by atoms with van der Waals surface area (Å²) in [5, 5.41) is 8.84. The first-order valence-corrected chi connectivity index (χ1v) is 6.52. The fourth-order valence-corrected chi connectivity index (χ4v) is 2.65. The van der Waals surface area contributed by atoms with Crippen LogP contribution in [0.3, 0.4) is 0 Å². The molecule has 1 fully saturated rings. The summed E-state index contributed by atoms with van der Waals surface area (Å²) < 4.78 is 5.41. The van der Waals surface area contributed by atoms with E-state index in [1.54, 1.807) is 12.1 Å². The van der Waals surface area contributed by atoms with E-state index < -0.39 is 0 Å². The second kappa shape index (κ2) is 6.38. The maximum Gasteiger partial charge on any atom is 0.314 e. The zero-order valence-corrected chi connectivity index (χ0v) is 10.8. The molecule has 1 saturated carbocycles. The number of hydrogen-bond donors (Lipinski definition) is 0. The summed E-state index contributed by atoms with van der Waals surface area (Å²) in [5.74, 6) is 0.256. The van der Waals surface area contributed by atoms with Crippen molar-refractivity contribution in [2.75, 3.05) is 0 Å². The minimum Gasteiger partial charge on any atom is -0.426 e. The van der Waals surface area contributed by atoms with Crippen LogP contribution in [-0.2, 0) is 4.79 Å². The molecule has 3 atom stereocenters. The first-order chi connectivity index (χ1) is 9.26. The molecule has 2 rings (SSSR count). The predicted octanol–water partition coefficient (Wildman–Crippen LogP) is 3.19. The van der Waals surface area contributed by atoms with Crippen molar-refractivity contribution in [1.82, 2.24) is 0 Å². The second-order valence-corrected chi connectivity index (χ2v) is 4.81. The summed E-state index contributed by atoms with van der Waals surface area (Å²) in [6.07, 6.45) is 3.96. The number of nitrogens with zero attached hydrogens (tertiary/aromatic N) is 1. The molecule has 1 aromatic rings. The van der Waals surface area contributed by atoms with Gasteiger partial charge in [-0.2, -0.15) is 5.26 Å². The third-order valence-corrected chi connectivity index (χ3v) is 3.64. The van der Waals surface area contributed by atoms with Gasteiger partial charge in [0.2, 0.25) is 0 Å². The quantitative estimate of drug-likeness (QED) is 0.613. The molecule has 1 aliphatic rings.